The summed E-state index contributed by atoms with van der Waals surface area (Å²) in [5.74, 6) is -0.0189. The largest absolute Gasteiger partial charge is 0.507 e. The number of Topliss-reactive ketones (excluding diaryl/α,β-unsaturated/α-hetero) is 1. The molecule has 0 bridgehead atoms. The van der Waals surface area contributed by atoms with Crippen LogP contribution in [0.15, 0.2) is 42.0 Å². The Morgan fingerprint density at radius 3 is 2.23 bits per heavy atom. The van der Waals surface area contributed by atoms with Crippen molar-refractivity contribution < 1.29 is 19.4 Å². The quantitative estimate of drug-likeness (QED) is 0.185. The molecule has 2 aromatic carbocycles. The second-order valence-corrected chi connectivity index (χ2v) is 10.1. The summed E-state index contributed by atoms with van der Waals surface area (Å²) in [5, 5.41) is 11.6. The molecule has 35 heavy (non-hydrogen) atoms. The Labute approximate surface area is 209 Å². The van der Waals surface area contributed by atoms with Crippen LogP contribution in [-0.4, -0.2) is 35.4 Å². The molecule has 1 atom stereocenters. The lowest BCUT2D eigenvalue weighted by Crippen LogP contribution is -2.30. The normalized spacial score (nSPS) is 17.6. The van der Waals surface area contributed by atoms with Crippen LogP contribution in [0.1, 0.15) is 99.6 Å². The molecular weight excluding hydrogens is 438 g/mol. The minimum atomic E-state index is -0.627. The number of ether oxygens (including phenoxy) is 1. The minimum Gasteiger partial charge on any atom is -0.507 e. The van der Waals surface area contributed by atoms with Crippen molar-refractivity contribution in [3.05, 3.63) is 69.8 Å². The van der Waals surface area contributed by atoms with E-state index in [9.17, 15) is 14.7 Å². The third-order valence-electron chi connectivity index (χ3n) is 6.92. The molecule has 1 amide bonds. The number of aryl methyl sites for hydroxylation is 1. The molecule has 0 aromatic heterocycles. The van der Waals surface area contributed by atoms with Crippen molar-refractivity contribution in [2.24, 2.45) is 0 Å². The van der Waals surface area contributed by atoms with Gasteiger partial charge in [0, 0.05) is 12.1 Å². The monoisotopic (exact) mass is 477 g/mol. The highest BCUT2D eigenvalue weighted by atomic mass is 16.5. The van der Waals surface area contributed by atoms with Crippen molar-refractivity contribution >= 4 is 17.4 Å². The van der Waals surface area contributed by atoms with E-state index in [1.807, 2.05) is 43.3 Å². The number of carbonyl (C=O) groups is 2. The van der Waals surface area contributed by atoms with Crippen LogP contribution in [0.25, 0.3) is 5.76 Å². The number of rotatable bonds is 9. The predicted molar refractivity (Wildman–Crippen MR) is 141 cm³/mol. The summed E-state index contributed by atoms with van der Waals surface area (Å²) >= 11 is 0. The van der Waals surface area contributed by atoms with Crippen LogP contribution >= 0.6 is 0 Å². The zero-order valence-electron chi connectivity index (χ0n) is 22.1. The van der Waals surface area contributed by atoms with Crippen LogP contribution in [0.5, 0.6) is 5.75 Å². The standard InChI is InChI=1S/C30H39NO4/c1-8-9-10-15-31-27(22-13-11-21(12-14-22)18(2)3)26(29(33)30(31)34)28(32)24-17-23(19(4)5)25(35-7)16-20(24)6/h11-14,16-19,27,32H,8-10,15H2,1-7H3/b28-26+. The molecule has 5 heteroatoms. The van der Waals surface area contributed by atoms with Gasteiger partial charge in [0.1, 0.15) is 11.5 Å². The van der Waals surface area contributed by atoms with E-state index in [-0.39, 0.29) is 17.3 Å². The number of carbonyl (C=O) groups excluding carboxylic acids is 2. The van der Waals surface area contributed by atoms with E-state index in [1.54, 1.807) is 12.0 Å². The van der Waals surface area contributed by atoms with Gasteiger partial charge in [0.05, 0.1) is 18.7 Å². The topological polar surface area (TPSA) is 66.8 Å². The highest BCUT2D eigenvalue weighted by molar-refractivity contribution is 6.46. The van der Waals surface area contributed by atoms with Crippen LogP contribution in [0.3, 0.4) is 0 Å². The lowest BCUT2D eigenvalue weighted by Gasteiger charge is -2.26. The average molecular weight is 478 g/mol. The third kappa shape index (κ3) is 5.29. The van der Waals surface area contributed by atoms with Crippen LogP contribution in [0.2, 0.25) is 0 Å². The van der Waals surface area contributed by atoms with Crippen molar-refractivity contribution in [3.8, 4) is 5.75 Å². The number of nitrogens with zero attached hydrogens (tertiary/aromatic N) is 1. The molecule has 5 nitrogen and oxygen atoms in total. The first-order chi connectivity index (χ1) is 16.6. The van der Waals surface area contributed by atoms with Gasteiger partial charge in [0.25, 0.3) is 11.7 Å². The zero-order valence-corrected chi connectivity index (χ0v) is 22.1. The van der Waals surface area contributed by atoms with Gasteiger partial charge in [-0.1, -0.05) is 71.7 Å². The smallest absolute Gasteiger partial charge is 0.295 e. The first-order valence-corrected chi connectivity index (χ1v) is 12.7. The molecule has 1 aliphatic rings. The SMILES string of the molecule is CCCCCN1C(=O)C(=O)/C(=C(/O)c2cc(C(C)C)c(OC)cc2C)C1c1ccc(C(C)C)cc1. The number of hydrogen-bond donors (Lipinski definition) is 1. The Morgan fingerprint density at radius 1 is 1.03 bits per heavy atom. The average Bonchev–Trinajstić information content (AvgIpc) is 3.08. The van der Waals surface area contributed by atoms with Gasteiger partial charge < -0.3 is 14.7 Å². The maximum absolute atomic E-state index is 13.3. The summed E-state index contributed by atoms with van der Waals surface area (Å²) in [5.41, 5.74) is 4.47. The van der Waals surface area contributed by atoms with Crippen molar-refractivity contribution in [1.82, 2.24) is 4.90 Å². The van der Waals surface area contributed by atoms with E-state index in [0.717, 1.165) is 41.7 Å². The van der Waals surface area contributed by atoms with Gasteiger partial charge in [-0.25, -0.2) is 0 Å². The first-order valence-electron chi connectivity index (χ1n) is 12.7. The van der Waals surface area contributed by atoms with E-state index in [1.165, 1.54) is 5.56 Å². The molecule has 1 heterocycles. The Balaban J connectivity index is 2.20. The van der Waals surface area contributed by atoms with Gasteiger partial charge in [0.2, 0.25) is 0 Å². The Morgan fingerprint density at radius 2 is 1.69 bits per heavy atom. The molecule has 1 unspecified atom stereocenters. The van der Waals surface area contributed by atoms with E-state index in [2.05, 4.69) is 34.6 Å². The van der Waals surface area contributed by atoms with E-state index < -0.39 is 17.7 Å². The highest BCUT2D eigenvalue weighted by Crippen LogP contribution is 2.41. The van der Waals surface area contributed by atoms with Crippen LogP contribution < -0.4 is 4.74 Å². The van der Waals surface area contributed by atoms with Crippen molar-refractivity contribution in [3.63, 3.8) is 0 Å². The molecule has 0 spiro atoms. The number of amides is 1. The molecule has 3 rings (SSSR count). The first kappa shape index (κ1) is 26.5. The fraction of sp³-hybridized carbons (Fsp3) is 0.467. The van der Waals surface area contributed by atoms with Crippen LogP contribution in [0, 0.1) is 6.92 Å². The molecular formula is C30H39NO4. The van der Waals surface area contributed by atoms with Gasteiger partial charge in [-0.15, -0.1) is 0 Å². The number of aliphatic hydroxyl groups excluding tert-OH is 1. The molecule has 1 fully saturated rings. The Kier molecular flexibility index (Phi) is 8.42. The van der Waals surface area contributed by atoms with Crippen molar-refractivity contribution in [1.29, 1.82) is 0 Å². The Hall–Kier alpha value is -3.08. The molecule has 1 saturated heterocycles. The zero-order chi connectivity index (χ0) is 25.9. The summed E-state index contributed by atoms with van der Waals surface area (Å²) < 4.78 is 5.55. The summed E-state index contributed by atoms with van der Waals surface area (Å²) in [4.78, 5) is 28.2. The number of likely N-dealkylation sites (tertiary alicyclic amines) is 1. The van der Waals surface area contributed by atoms with Crippen molar-refractivity contribution in [2.45, 2.75) is 78.7 Å². The van der Waals surface area contributed by atoms with Gasteiger partial charge in [-0.05, 0) is 59.6 Å². The number of hydrogen-bond acceptors (Lipinski definition) is 4. The molecule has 1 aliphatic heterocycles. The molecule has 0 saturated carbocycles. The second kappa shape index (κ2) is 11.1. The van der Waals surface area contributed by atoms with Gasteiger partial charge in [-0.3, -0.25) is 9.59 Å². The predicted octanol–water partition coefficient (Wildman–Crippen LogP) is 6.86. The summed E-state index contributed by atoms with van der Waals surface area (Å²) in [7, 11) is 1.63. The summed E-state index contributed by atoms with van der Waals surface area (Å²) in [6.07, 6.45) is 2.79. The molecule has 1 N–H and O–H groups in total. The molecule has 0 aliphatic carbocycles. The maximum atomic E-state index is 13.3. The summed E-state index contributed by atoms with van der Waals surface area (Å²) in [6, 6.07) is 11.2. The van der Waals surface area contributed by atoms with Gasteiger partial charge in [-0.2, -0.15) is 0 Å². The minimum absolute atomic E-state index is 0.124. The fourth-order valence-corrected chi connectivity index (χ4v) is 4.78. The number of benzene rings is 2. The third-order valence-corrected chi connectivity index (χ3v) is 6.92. The maximum Gasteiger partial charge on any atom is 0.295 e. The van der Waals surface area contributed by atoms with Crippen molar-refractivity contribution in [2.75, 3.05) is 13.7 Å². The number of methoxy groups -OCH3 is 1. The lowest BCUT2D eigenvalue weighted by molar-refractivity contribution is -0.139. The molecule has 0 radical (unpaired) electrons. The molecule has 188 valence electrons. The molecule has 2 aromatic rings. The number of unbranched alkanes of at least 4 members (excludes halogenated alkanes) is 2. The van der Waals surface area contributed by atoms with E-state index >= 15 is 0 Å². The lowest BCUT2D eigenvalue weighted by atomic mass is 9.90. The highest BCUT2D eigenvalue weighted by Gasteiger charge is 2.46. The van der Waals surface area contributed by atoms with E-state index in [4.69, 9.17) is 4.74 Å². The van der Waals surface area contributed by atoms with E-state index in [0.29, 0.717) is 18.0 Å². The van der Waals surface area contributed by atoms with Crippen LogP contribution in [-0.2, 0) is 9.59 Å². The number of aliphatic hydroxyl groups is 1. The number of ketones is 1. The van der Waals surface area contributed by atoms with Gasteiger partial charge in [0.15, 0.2) is 0 Å². The fourth-order valence-electron chi connectivity index (χ4n) is 4.78. The summed E-state index contributed by atoms with van der Waals surface area (Å²) in [6.45, 7) is 12.8. The second-order valence-electron chi connectivity index (χ2n) is 10.1. The van der Waals surface area contributed by atoms with Crippen LogP contribution in [0.4, 0.5) is 0 Å². The van der Waals surface area contributed by atoms with Gasteiger partial charge >= 0.3 is 0 Å². The Bertz CT molecular complexity index is 1110.